The van der Waals surface area contributed by atoms with E-state index in [0.717, 1.165) is 11.1 Å². The predicted octanol–water partition coefficient (Wildman–Crippen LogP) is 3.92. The van der Waals surface area contributed by atoms with Crippen molar-refractivity contribution in [2.75, 3.05) is 20.7 Å². The highest BCUT2D eigenvalue weighted by atomic mass is 16.5. The van der Waals surface area contributed by atoms with Crippen molar-refractivity contribution in [1.29, 1.82) is 0 Å². The fourth-order valence-corrected chi connectivity index (χ4v) is 5.51. The number of hydrogen-bond donors (Lipinski definition) is 2. The van der Waals surface area contributed by atoms with Crippen molar-refractivity contribution in [3.05, 3.63) is 84.1 Å². The van der Waals surface area contributed by atoms with E-state index in [4.69, 9.17) is 4.74 Å². The first kappa shape index (κ1) is 35.1. The highest BCUT2D eigenvalue weighted by molar-refractivity contribution is 5.97. The zero-order chi connectivity index (χ0) is 33.1. The summed E-state index contributed by atoms with van der Waals surface area (Å²) in [6, 6.07) is 13.2. The Labute approximate surface area is 267 Å². The fraction of sp³-hybridized carbons (Fsp3) is 0.472. The van der Waals surface area contributed by atoms with Crippen LogP contribution in [0, 0.1) is 11.8 Å². The zero-order valence-electron chi connectivity index (χ0n) is 27.4. The lowest BCUT2D eigenvalue weighted by molar-refractivity contribution is -0.148. The number of likely N-dealkylation sites (N-methyl/N-ethyl adjacent to an activating group) is 2. The van der Waals surface area contributed by atoms with Crippen molar-refractivity contribution in [2.24, 2.45) is 11.8 Å². The molecule has 0 bridgehead atoms. The Bertz CT molecular complexity index is 1340. The Morgan fingerprint density at radius 3 is 1.62 bits per heavy atom. The second kappa shape index (κ2) is 16.6. The minimum atomic E-state index is -0.960. The standard InChI is InChI=1S/C36H48N4O5/c1-8-9-19-45-28-17-15-27(16-18-28)23-30-36(44)40(7)31(20-24(2)3)33(41)37-29(22-26-13-11-10-12-14-26)35(43)39(6)32(21-25(4)5)34(42)38-30/h9-18,24-25,29-32H,1,19-23H2,2-7H3,(H,37,41)(H,38,42). The number of amides is 4. The van der Waals surface area contributed by atoms with Crippen molar-refractivity contribution in [2.45, 2.75) is 77.5 Å². The van der Waals surface area contributed by atoms with Crippen LogP contribution >= 0.6 is 0 Å². The largest absolute Gasteiger partial charge is 0.489 e. The molecule has 0 radical (unpaired) electrons. The molecule has 2 aromatic rings. The van der Waals surface area contributed by atoms with E-state index in [9.17, 15) is 19.2 Å². The summed E-state index contributed by atoms with van der Waals surface area (Å²) in [7, 11) is 3.19. The molecule has 0 aromatic heterocycles. The van der Waals surface area contributed by atoms with E-state index in [1.807, 2.05) is 70.2 Å². The molecule has 4 amide bonds. The van der Waals surface area contributed by atoms with Gasteiger partial charge in [-0.15, -0.1) is 5.73 Å². The highest BCUT2D eigenvalue weighted by Crippen LogP contribution is 2.20. The highest BCUT2D eigenvalue weighted by Gasteiger charge is 2.39. The van der Waals surface area contributed by atoms with Gasteiger partial charge in [0.15, 0.2) is 0 Å². The monoisotopic (exact) mass is 616 g/mol. The van der Waals surface area contributed by atoms with Gasteiger partial charge in [-0.2, -0.15) is 0 Å². The molecule has 242 valence electrons. The molecule has 0 saturated carbocycles. The first-order chi connectivity index (χ1) is 21.4. The topological polar surface area (TPSA) is 108 Å². The van der Waals surface area contributed by atoms with Crippen LogP contribution in [0.5, 0.6) is 5.75 Å². The number of carbonyl (C=O) groups is 4. The Morgan fingerprint density at radius 1 is 0.756 bits per heavy atom. The Kier molecular flexibility index (Phi) is 13.0. The molecule has 9 heteroatoms. The van der Waals surface area contributed by atoms with Crippen LogP contribution < -0.4 is 15.4 Å². The van der Waals surface area contributed by atoms with Crippen molar-refractivity contribution in [1.82, 2.24) is 20.4 Å². The lowest BCUT2D eigenvalue weighted by Gasteiger charge is -2.37. The molecule has 2 aromatic carbocycles. The summed E-state index contributed by atoms with van der Waals surface area (Å²) in [6.07, 6.45) is 2.90. The molecule has 1 fully saturated rings. The number of carbonyl (C=O) groups excluding carboxylic acids is 4. The van der Waals surface area contributed by atoms with Gasteiger partial charge in [0.2, 0.25) is 23.6 Å². The molecule has 4 unspecified atom stereocenters. The lowest BCUT2D eigenvalue weighted by atomic mass is 9.96. The number of benzene rings is 2. The minimum Gasteiger partial charge on any atom is -0.489 e. The van der Waals surface area contributed by atoms with E-state index >= 15 is 0 Å². The van der Waals surface area contributed by atoms with Gasteiger partial charge < -0.3 is 25.2 Å². The van der Waals surface area contributed by atoms with Crippen LogP contribution in [-0.4, -0.2) is 78.3 Å². The number of hydrogen-bond acceptors (Lipinski definition) is 5. The summed E-state index contributed by atoms with van der Waals surface area (Å²) < 4.78 is 5.64. The molecule has 45 heavy (non-hydrogen) atoms. The maximum absolute atomic E-state index is 14.1. The Hall–Kier alpha value is -4.36. The summed E-state index contributed by atoms with van der Waals surface area (Å²) in [4.78, 5) is 58.9. The van der Waals surface area contributed by atoms with Crippen molar-refractivity contribution in [3.8, 4) is 5.75 Å². The molecule has 0 spiro atoms. The molecule has 1 saturated heterocycles. The Balaban J connectivity index is 2.02. The average Bonchev–Trinajstić information content (AvgIpc) is 3.01. The quantitative estimate of drug-likeness (QED) is 0.372. The molecule has 4 atom stereocenters. The summed E-state index contributed by atoms with van der Waals surface area (Å²) in [5.41, 5.74) is 4.34. The summed E-state index contributed by atoms with van der Waals surface area (Å²) >= 11 is 0. The van der Waals surface area contributed by atoms with Gasteiger partial charge >= 0.3 is 0 Å². The van der Waals surface area contributed by atoms with Crippen LogP contribution in [0.1, 0.15) is 51.7 Å². The average molecular weight is 617 g/mol. The van der Waals surface area contributed by atoms with Crippen molar-refractivity contribution in [3.63, 3.8) is 0 Å². The third-order valence-electron chi connectivity index (χ3n) is 7.98. The normalized spacial score (nSPS) is 21.5. The van der Waals surface area contributed by atoms with Gasteiger partial charge in [0, 0.05) is 26.9 Å². The number of rotatable bonds is 11. The fourth-order valence-electron chi connectivity index (χ4n) is 5.51. The predicted molar refractivity (Wildman–Crippen MR) is 175 cm³/mol. The maximum atomic E-state index is 14.1. The summed E-state index contributed by atoms with van der Waals surface area (Å²) in [6.45, 7) is 11.8. The van der Waals surface area contributed by atoms with Crippen molar-refractivity contribution >= 4 is 23.6 Å². The van der Waals surface area contributed by atoms with Gasteiger partial charge in [0.1, 0.15) is 36.5 Å². The molecule has 3 rings (SSSR count). The molecule has 1 heterocycles. The Morgan fingerprint density at radius 2 is 1.20 bits per heavy atom. The van der Waals surface area contributed by atoms with Crippen LogP contribution in [-0.2, 0) is 32.0 Å². The van der Waals surface area contributed by atoms with Gasteiger partial charge in [0.05, 0.1) is 0 Å². The lowest BCUT2D eigenvalue weighted by Crippen LogP contribution is -2.62. The van der Waals surface area contributed by atoms with Gasteiger partial charge in [-0.05, 0) is 54.0 Å². The summed E-state index contributed by atoms with van der Waals surface area (Å²) in [5, 5.41) is 5.94. The van der Waals surface area contributed by atoms with E-state index in [1.54, 1.807) is 32.3 Å². The molecule has 0 aliphatic carbocycles. The third kappa shape index (κ3) is 10.1. The van der Waals surface area contributed by atoms with Crippen LogP contribution in [0.25, 0.3) is 0 Å². The van der Waals surface area contributed by atoms with Gasteiger partial charge in [-0.3, -0.25) is 19.2 Å². The smallest absolute Gasteiger partial charge is 0.245 e. The first-order valence-electron chi connectivity index (χ1n) is 15.6. The van der Waals surface area contributed by atoms with Crippen LogP contribution in [0.4, 0.5) is 0 Å². The number of nitrogens with zero attached hydrogens (tertiary/aromatic N) is 2. The SMILES string of the molecule is C=C=CCOc1ccc(CC2NC(=O)C(CC(C)C)N(C)C(=O)C(Cc3ccccc3)NC(=O)C(CC(C)C)N(C)C2=O)cc1. The maximum Gasteiger partial charge on any atom is 0.245 e. The van der Waals surface area contributed by atoms with Gasteiger partial charge in [-0.1, -0.05) is 76.7 Å². The van der Waals surface area contributed by atoms with E-state index in [-0.39, 0.29) is 36.5 Å². The minimum absolute atomic E-state index is 0.0850. The molecule has 1 aliphatic heterocycles. The van der Waals surface area contributed by atoms with E-state index in [1.165, 1.54) is 9.80 Å². The van der Waals surface area contributed by atoms with E-state index < -0.39 is 36.0 Å². The van der Waals surface area contributed by atoms with Crippen LogP contribution in [0.3, 0.4) is 0 Å². The van der Waals surface area contributed by atoms with Crippen molar-refractivity contribution < 1.29 is 23.9 Å². The summed E-state index contributed by atoms with van der Waals surface area (Å²) in [5.74, 6) is -0.727. The van der Waals surface area contributed by atoms with Crippen LogP contribution in [0.15, 0.2) is 73.0 Å². The van der Waals surface area contributed by atoms with Crippen LogP contribution in [0.2, 0.25) is 0 Å². The zero-order valence-corrected chi connectivity index (χ0v) is 27.4. The third-order valence-corrected chi connectivity index (χ3v) is 7.98. The second-order valence-electron chi connectivity index (χ2n) is 12.6. The van der Waals surface area contributed by atoms with E-state index in [2.05, 4.69) is 22.9 Å². The number of nitrogens with one attached hydrogen (secondary N) is 2. The second-order valence-corrected chi connectivity index (χ2v) is 12.6. The van der Waals surface area contributed by atoms with Gasteiger partial charge in [0.25, 0.3) is 0 Å². The van der Waals surface area contributed by atoms with E-state index in [0.29, 0.717) is 25.2 Å². The first-order valence-corrected chi connectivity index (χ1v) is 15.6. The van der Waals surface area contributed by atoms with Gasteiger partial charge in [-0.25, -0.2) is 0 Å². The molecular formula is C36H48N4O5. The molecular weight excluding hydrogens is 568 g/mol. The molecule has 9 nitrogen and oxygen atoms in total. The number of ether oxygens (including phenoxy) is 1. The molecule has 1 aliphatic rings. The molecule has 2 N–H and O–H groups in total.